The van der Waals surface area contributed by atoms with Gasteiger partial charge in [0.2, 0.25) is 5.91 Å². The molecular formula is C24H21ClF2N2O3S. The molecule has 1 atom stereocenters. The molecule has 172 valence electrons. The Balaban J connectivity index is 1.67. The number of carbonyl (C=O) groups excluding carboxylic acids is 1. The Kier molecular flexibility index (Phi) is 6.67. The zero-order valence-corrected chi connectivity index (χ0v) is 19.1. The SMILES string of the molecule is O=C(CN(c1ccc(Cl)cc1)S(=O)(=O)c1cccc(F)c1)N1CCCC1c1ccc(F)cc1. The summed E-state index contributed by atoms with van der Waals surface area (Å²) in [6, 6.07) is 16.3. The molecule has 1 saturated heterocycles. The lowest BCUT2D eigenvalue weighted by molar-refractivity contribution is -0.130. The fraction of sp³-hybridized carbons (Fsp3) is 0.208. The van der Waals surface area contributed by atoms with Gasteiger partial charge in [0, 0.05) is 11.6 Å². The minimum Gasteiger partial charge on any atom is -0.334 e. The molecule has 0 spiro atoms. The molecule has 1 fully saturated rings. The lowest BCUT2D eigenvalue weighted by atomic mass is 10.0. The summed E-state index contributed by atoms with van der Waals surface area (Å²) >= 11 is 5.96. The number of likely N-dealkylation sites (tertiary alicyclic amines) is 1. The van der Waals surface area contributed by atoms with Crippen molar-refractivity contribution in [3.8, 4) is 0 Å². The van der Waals surface area contributed by atoms with Crippen molar-refractivity contribution in [3.05, 3.63) is 95.0 Å². The highest BCUT2D eigenvalue weighted by Gasteiger charge is 2.34. The van der Waals surface area contributed by atoms with E-state index in [2.05, 4.69) is 0 Å². The van der Waals surface area contributed by atoms with Crippen molar-refractivity contribution in [2.75, 3.05) is 17.4 Å². The number of rotatable bonds is 6. The molecule has 0 aliphatic carbocycles. The Hall–Kier alpha value is -2.97. The summed E-state index contributed by atoms with van der Waals surface area (Å²) in [7, 11) is -4.25. The van der Waals surface area contributed by atoms with Gasteiger partial charge in [0.15, 0.2) is 0 Å². The Morgan fingerprint density at radius 1 is 1.00 bits per heavy atom. The maximum atomic E-state index is 13.8. The molecule has 0 N–H and O–H groups in total. The second-order valence-electron chi connectivity index (χ2n) is 7.74. The van der Waals surface area contributed by atoms with Gasteiger partial charge in [-0.2, -0.15) is 0 Å². The Labute approximate surface area is 196 Å². The van der Waals surface area contributed by atoms with Gasteiger partial charge in [0.05, 0.1) is 16.6 Å². The van der Waals surface area contributed by atoms with Crippen molar-refractivity contribution >= 4 is 33.2 Å². The summed E-state index contributed by atoms with van der Waals surface area (Å²) < 4.78 is 54.9. The molecule has 1 aliphatic heterocycles. The number of benzene rings is 3. The zero-order chi connectivity index (χ0) is 23.6. The summed E-state index contributed by atoms with van der Waals surface area (Å²) in [5.41, 5.74) is 1.02. The molecule has 0 saturated carbocycles. The highest BCUT2D eigenvalue weighted by molar-refractivity contribution is 7.92. The maximum Gasteiger partial charge on any atom is 0.264 e. The normalized spacial score (nSPS) is 16.1. The Morgan fingerprint density at radius 2 is 1.70 bits per heavy atom. The van der Waals surface area contributed by atoms with Crippen LogP contribution in [0.4, 0.5) is 14.5 Å². The standard InChI is InChI=1S/C24H21ClF2N2O3S/c25-18-8-12-21(13-9-18)29(33(31,32)22-4-1-3-20(27)15-22)16-24(30)28-14-2-5-23(28)17-6-10-19(26)11-7-17/h1,3-4,6-13,15,23H,2,5,14,16H2. The lowest BCUT2D eigenvalue weighted by Gasteiger charge is -2.30. The van der Waals surface area contributed by atoms with Crippen molar-refractivity contribution < 1.29 is 22.0 Å². The van der Waals surface area contributed by atoms with E-state index >= 15 is 0 Å². The third kappa shape index (κ3) is 5.02. The van der Waals surface area contributed by atoms with Crippen molar-refractivity contribution in [3.63, 3.8) is 0 Å². The summed E-state index contributed by atoms with van der Waals surface area (Å²) in [6.45, 7) is -0.0203. The maximum absolute atomic E-state index is 13.8. The number of amides is 1. The first-order valence-electron chi connectivity index (χ1n) is 10.3. The number of hydrogen-bond donors (Lipinski definition) is 0. The minimum absolute atomic E-state index is 0.231. The van der Waals surface area contributed by atoms with E-state index in [1.54, 1.807) is 17.0 Å². The Bertz CT molecular complexity index is 1250. The molecular weight excluding hydrogens is 470 g/mol. The van der Waals surface area contributed by atoms with Crippen LogP contribution in [0.1, 0.15) is 24.4 Å². The van der Waals surface area contributed by atoms with E-state index < -0.39 is 28.3 Å². The van der Waals surface area contributed by atoms with E-state index in [4.69, 9.17) is 11.6 Å². The molecule has 1 heterocycles. The smallest absolute Gasteiger partial charge is 0.264 e. The van der Waals surface area contributed by atoms with Crippen molar-refractivity contribution in [2.24, 2.45) is 0 Å². The number of nitrogens with zero attached hydrogens (tertiary/aromatic N) is 2. The zero-order valence-electron chi connectivity index (χ0n) is 17.5. The third-order valence-electron chi connectivity index (χ3n) is 5.61. The van der Waals surface area contributed by atoms with Gasteiger partial charge in [0.25, 0.3) is 10.0 Å². The van der Waals surface area contributed by atoms with Crippen LogP contribution < -0.4 is 4.31 Å². The predicted molar refractivity (Wildman–Crippen MR) is 122 cm³/mol. The third-order valence-corrected chi connectivity index (χ3v) is 7.63. The molecule has 1 unspecified atom stereocenters. The van der Waals surface area contributed by atoms with Crippen LogP contribution in [0.2, 0.25) is 5.02 Å². The minimum atomic E-state index is -4.25. The number of anilines is 1. The molecule has 3 aromatic rings. The first-order chi connectivity index (χ1) is 15.8. The second-order valence-corrected chi connectivity index (χ2v) is 10.0. The average molecular weight is 491 g/mol. The van der Waals surface area contributed by atoms with Crippen molar-refractivity contribution in [2.45, 2.75) is 23.8 Å². The van der Waals surface area contributed by atoms with Gasteiger partial charge >= 0.3 is 0 Å². The predicted octanol–water partition coefficient (Wildman–Crippen LogP) is 5.18. The Morgan fingerprint density at radius 3 is 2.36 bits per heavy atom. The van der Waals surface area contributed by atoms with Gasteiger partial charge in [-0.3, -0.25) is 9.10 Å². The van der Waals surface area contributed by atoms with E-state index in [1.807, 2.05) is 0 Å². The lowest BCUT2D eigenvalue weighted by Crippen LogP contribution is -2.42. The molecule has 5 nitrogen and oxygen atoms in total. The van der Waals surface area contributed by atoms with Crippen LogP contribution in [-0.4, -0.2) is 32.3 Å². The molecule has 33 heavy (non-hydrogen) atoms. The topological polar surface area (TPSA) is 57.7 Å². The quantitative estimate of drug-likeness (QED) is 0.478. The number of sulfonamides is 1. The summed E-state index contributed by atoms with van der Waals surface area (Å²) in [4.78, 5) is 14.7. The molecule has 1 aliphatic rings. The molecule has 0 aromatic heterocycles. The largest absolute Gasteiger partial charge is 0.334 e. The van der Waals surface area contributed by atoms with Crippen LogP contribution >= 0.6 is 11.6 Å². The van der Waals surface area contributed by atoms with Crippen LogP contribution in [-0.2, 0) is 14.8 Å². The first-order valence-corrected chi connectivity index (χ1v) is 12.2. The number of hydrogen-bond acceptors (Lipinski definition) is 3. The van der Waals surface area contributed by atoms with E-state index in [9.17, 15) is 22.0 Å². The van der Waals surface area contributed by atoms with Gasteiger partial charge in [0.1, 0.15) is 18.2 Å². The fourth-order valence-corrected chi connectivity index (χ4v) is 5.56. The second kappa shape index (κ2) is 9.49. The highest BCUT2D eigenvalue weighted by Crippen LogP contribution is 2.33. The summed E-state index contributed by atoms with van der Waals surface area (Å²) in [5, 5.41) is 0.407. The summed E-state index contributed by atoms with van der Waals surface area (Å²) in [5.74, 6) is -1.48. The van der Waals surface area contributed by atoms with E-state index in [-0.39, 0.29) is 22.4 Å². The van der Waals surface area contributed by atoms with Crippen LogP contribution in [0.25, 0.3) is 0 Å². The molecule has 0 bridgehead atoms. The van der Waals surface area contributed by atoms with E-state index in [0.29, 0.717) is 18.0 Å². The van der Waals surface area contributed by atoms with Gasteiger partial charge in [-0.25, -0.2) is 17.2 Å². The monoisotopic (exact) mass is 490 g/mol. The van der Waals surface area contributed by atoms with Crippen molar-refractivity contribution in [1.29, 1.82) is 0 Å². The molecule has 4 rings (SSSR count). The molecule has 9 heteroatoms. The number of carbonyl (C=O) groups is 1. The van der Waals surface area contributed by atoms with Gasteiger partial charge < -0.3 is 4.90 Å². The first kappa shape index (κ1) is 23.2. The van der Waals surface area contributed by atoms with Gasteiger partial charge in [-0.05, 0) is 73.0 Å². The van der Waals surface area contributed by atoms with Crippen LogP contribution in [0.15, 0.2) is 77.7 Å². The van der Waals surface area contributed by atoms with E-state index in [1.165, 1.54) is 48.5 Å². The molecule has 3 aromatic carbocycles. The fourth-order valence-electron chi connectivity index (χ4n) is 3.99. The average Bonchev–Trinajstić information content (AvgIpc) is 3.28. The highest BCUT2D eigenvalue weighted by atomic mass is 35.5. The summed E-state index contributed by atoms with van der Waals surface area (Å²) in [6.07, 6.45) is 1.43. The van der Waals surface area contributed by atoms with Gasteiger partial charge in [-0.15, -0.1) is 0 Å². The molecule has 0 radical (unpaired) electrons. The van der Waals surface area contributed by atoms with Crippen molar-refractivity contribution in [1.82, 2.24) is 4.90 Å². The van der Waals surface area contributed by atoms with E-state index in [0.717, 1.165) is 28.4 Å². The molecule has 1 amide bonds. The van der Waals surface area contributed by atoms with Crippen LogP contribution in [0, 0.1) is 11.6 Å². The van der Waals surface area contributed by atoms with Crippen LogP contribution in [0.3, 0.4) is 0 Å². The number of halogens is 3. The van der Waals surface area contributed by atoms with Gasteiger partial charge in [-0.1, -0.05) is 29.8 Å². The van der Waals surface area contributed by atoms with Crippen LogP contribution in [0.5, 0.6) is 0 Å².